The van der Waals surface area contributed by atoms with Crippen LogP contribution < -0.4 is 0 Å². The van der Waals surface area contributed by atoms with Gasteiger partial charge in [0.25, 0.3) is 0 Å². The van der Waals surface area contributed by atoms with Crippen molar-refractivity contribution in [2.75, 3.05) is 0 Å². The molecule has 0 saturated heterocycles. The third kappa shape index (κ3) is 3.40. The van der Waals surface area contributed by atoms with Crippen molar-refractivity contribution in [1.29, 1.82) is 0 Å². The van der Waals surface area contributed by atoms with Gasteiger partial charge < -0.3 is 0 Å². The number of pyridine rings is 1. The summed E-state index contributed by atoms with van der Waals surface area (Å²) >= 11 is 0. The zero-order valence-corrected chi connectivity index (χ0v) is 11.7. The lowest BCUT2D eigenvalue weighted by atomic mass is 9.86. The minimum Gasteiger partial charge on any atom is -0.228 e. The summed E-state index contributed by atoms with van der Waals surface area (Å²) in [5.74, 6) is -0.448. The van der Waals surface area contributed by atoms with Crippen molar-refractivity contribution in [1.82, 2.24) is 4.98 Å². The standard InChI is InChI=1S/C17H19FN/c1-12-10-13(11-17(2,3)4)7-8-14(12)15-6-5-9-19-16(15)18/h5-10H,1,11H2,2-4H3. The topological polar surface area (TPSA) is 12.9 Å². The first-order chi connectivity index (χ1) is 8.87. The van der Waals surface area contributed by atoms with Crippen molar-refractivity contribution < 1.29 is 4.39 Å². The minimum absolute atomic E-state index is 0.230. The number of hydrogen-bond donors (Lipinski definition) is 0. The number of aromatic nitrogens is 1. The fourth-order valence-corrected chi connectivity index (χ4v) is 2.22. The van der Waals surface area contributed by atoms with E-state index in [0.29, 0.717) is 5.56 Å². The van der Waals surface area contributed by atoms with E-state index in [1.807, 2.05) is 18.2 Å². The summed E-state index contributed by atoms with van der Waals surface area (Å²) in [6, 6.07) is 9.48. The minimum atomic E-state index is -0.448. The summed E-state index contributed by atoms with van der Waals surface area (Å²) in [5, 5.41) is 0. The fraction of sp³-hybridized carbons (Fsp3) is 0.294. The molecule has 19 heavy (non-hydrogen) atoms. The molecule has 1 aromatic carbocycles. The zero-order chi connectivity index (χ0) is 14.0. The van der Waals surface area contributed by atoms with E-state index < -0.39 is 5.95 Å². The Morgan fingerprint density at radius 1 is 1.16 bits per heavy atom. The monoisotopic (exact) mass is 256 g/mol. The summed E-state index contributed by atoms with van der Waals surface area (Å²) in [6.45, 7) is 10.6. The molecule has 99 valence electrons. The smallest absolute Gasteiger partial charge is 0.220 e. The first-order valence-electron chi connectivity index (χ1n) is 6.42. The van der Waals surface area contributed by atoms with E-state index >= 15 is 0 Å². The molecule has 1 heterocycles. The van der Waals surface area contributed by atoms with Gasteiger partial charge in [-0.3, -0.25) is 0 Å². The van der Waals surface area contributed by atoms with Crippen molar-refractivity contribution in [2.45, 2.75) is 27.2 Å². The predicted molar refractivity (Wildman–Crippen MR) is 77.2 cm³/mol. The molecule has 0 N–H and O–H groups in total. The van der Waals surface area contributed by atoms with Crippen LogP contribution in [0.25, 0.3) is 11.1 Å². The van der Waals surface area contributed by atoms with Crippen LogP contribution in [0.1, 0.15) is 31.9 Å². The maximum atomic E-state index is 13.7. The summed E-state index contributed by atoms with van der Waals surface area (Å²) in [6.07, 6.45) is 2.43. The number of nitrogens with zero attached hydrogens (tertiary/aromatic N) is 1. The Balaban J connectivity index is 2.38. The molecule has 0 amide bonds. The van der Waals surface area contributed by atoms with Crippen LogP contribution in [-0.4, -0.2) is 4.98 Å². The fourth-order valence-electron chi connectivity index (χ4n) is 2.22. The van der Waals surface area contributed by atoms with Crippen LogP contribution in [0.2, 0.25) is 0 Å². The molecule has 2 rings (SSSR count). The summed E-state index contributed by atoms with van der Waals surface area (Å²) in [5.41, 5.74) is 3.62. The van der Waals surface area contributed by atoms with Crippen molar-refractivity contribution >= 4 is 0 Å². The maximum absolute atomic E-state index is 13.7. The van der Waals surface area contributed by atoms with Crippen LogP contribution >= 0.6 is 0 Å². The Morgan fingerprint density at radius 2 is 1.89 bits per heavy atom. The van der Waals surface area contributed by atoms with E-state index in [1.165, 1.54) is 11.8 Å². The van der Waals surface area contributed by atoms with Crippen LogP contribution in [0.15, 0.2) is 36.5 Å². The van der Waals surface area contributed by atoms with Crippen LogP contribution in [0.3, 0.4) is 0 Å². The normalized spacial score (nSPS) is 11.6. The lowest BCUT2D eigenvalue weighted by molar-refractivity contribution is 0.411. The number of hydrogen-bond acceptors (Lipinski definition) is 1. The van der Waals surface area contributed by atoms with Gasteiger partial charge in [-0.2, -0.15) is 4.39 Å². The molecular weight excluding hydrogens is 237 g/mol. The van der Waals surface area contributed by atoms with Crippen molar-refractivity contribution in [3.63, 3.8) is 0 Å². The third-order valence-corrected chi connectivity index (χ3v) is 2.95. The highest BCUT2D eigenvalue weighted by atomic mass is 19.1. The lowest BCUT2D eigenvalue weighted by Crippen LogP contribution is -2.09. The molecule has 0 saturated carbocycles. The SMILES string of the molecule is [CH2]c1cc(CC(C)(C)C)ccc1-c1cccnc1F. The van der Waals surface area contributed by atoms with Crippen LogP contribution in [0.4, 0.5) is 4.39 Å². The van der Waals surface area contributed by atoms with E-state index in [0.717, 1.165) is 17.5 Å². The van der Waals surface area contributed by atoms with Gasteiger partial charge in [0.2, 0.25) is 5.95 Å². The van der Waals surface area contributed by atoms with Crippen LogP contribution in [-0.2, 0) is 6.42 Å². The van der Waals surface area contributed by atoms with Crippen molar-refractivity contribution in [3.8, 4) is 11.1 Å². The van der Waals surface area contributed by atoms with Crippen LogP contribution in [0.5, 0.6) is 0 Å². The zero-order valence-electron chi connectivity index (χ0n) is 11.7. The molecule has 0 aliphatic heterocycles. The van der Waals surface area contributed by atoms with Gasteiger partial charge in [-0.15, -0.1) is 0 Å². The average Bonchev–Trinajstić information content (AvgIpc) is 2.28. The van der Waals surface area contributed by atoms with Gasteiger partial charge in [-0.1, -0.05) is 39.0 Å². The highest BCUT2D eigenvalue weighted by molar-refractivity contribution is 5.68. The molecular formula is C17H19FN. The highest BCUT2D eigenvalue weighted by Gasteiger charge is 2.13. The Morgan fingerprint density at radius 3 is 2.47 bits per heavy atom. The molecule has 0 spiro atoms. The van der Waals surface area contributed by atoms with E-state index in [2.05, 4.69) is 32.7 Å². The Hall–Kier alpha value is -1.70. The second-order valence-electron chi connectivity index (χ2n) is 6.07. The van der Waals surface area contributed by atoms with Gasteiger partial charge in [-0.05, 0) is 47.6 Å². The first-order valence-corrected chi connectivity index (χ1v) is 6.42. The second kappa shape index (κ2) is 5.12. The summed E-state index contributed by atoms with van der Waals surface area (Å²) < 4.78 is 13.7. The van der Waals surface area contributed by atoms with Gasteiger partial charge >= 0.3 is 0 Å². The van der Waals surface area contributed by atoms with Gasteiger partial charge in [0.1, 0.15) is 0 Å². The summed E-state index contributed by atoms with van der Waals surface area (Å²) in [7, 11) is 0. The quantitative estimate of drug-likeness (QED) is 0.712. The largest absolute Gasteiger partial charge is 0.228 e. The molecule has 2 heteroatoms. The van der Waals surface area contributed by atoms with E-state index in [-0.39, 0.29) is 5.41 Å². The number of rotatable bonds is 2. The number of benzene rings is 1. The van der Waals surface area contributed by atoms with E-state index in [9.17, 15) is 4.39 Å². The second-order valence-corrected chi connectivity index (χ2v) is 6.07. The number of halogens is 1. The molecule has 1 nitrogen and oxygen atoms in total. The van der Waals surface area contributed by atoms with Gasteiger partial charge in [0, 0.05) is 11.8 Å². The Bertz CT molecular complexity index is 582. The first kappa shape index (κ1) is 13.7. The van der Waals surface area contributed by atoms with Gasteiger partial charge in [0.05, 0.1) is 0 Å². The van der Waals surface area contributed by atoms with Crippen molar-refractivity contribution in [2.24, 2.45) is 5.41 Å². The molecule has 0 fully saturated rings. The Kier molecular flexibility index (Phi) is 3.70. The molecule has 0 atom stereocenters. The van der Waals surface area contributed by atoms with E-state index in [4.69, 9.17) is 0 Å². The molecule has 0 unspecified atom stereocenters. The molecule has 2 aromatic rings. The van der Waals surface area contributed by atoms with Gasteiger partial charge in [0.15, 0.2) is 0 Å². The summed E-state index contributed by atoms with van der Waals surface area (Å²) in [4.78, 5) is 3.68. The molecule has 0 aliphatic rings. The van der Waals surface area contributed by atoms with E-state index in [1.54, 1.807) is 12.1 Å². The maximum Gasteiger partial charge on any atom is 0.220 e. The lowest BCUT2D eigenvalue weighted by Gasteiger charge is -2.19. The van der Waals surface area contributed by atoms with Crippen LogP contribution in [0, 0.1) is 18.3 Å². The third-order valence-electron chi connectivity index (χ3n) is 2.95. The molecule has 1 radical (unpaired) electrons. The Labute approximate surface area is 114 Å². The molecule has 1 aromatic heterocycles. The average molecular weight is 256 g/mol. The highest BCUT2D eigenvalue weighted by Crippen LogP contribution is 2.28. The van der Waals surface area contributed by atoms with Crippen molar-refractivity contribution in [3.05, 3.63) is 60.5 Å². The van der Waals surface area contributed by atoms with Gasteiger partial charge in [-0.25, -0.2) is 4.98 Å². The molecule has 0 bridgehead atoms. The predicted octanol–water partition coefficient (Wildman–Crippen LogP) is 4.66. The molecule has 0 aliphatic carbocycles.